The second kappa shape index (κ2) is 8.20. The zero-order chi connectivity index (χ0) is 21.3. The fourth-order valence-corrected chi connectivity index (χ4v) is 5.34. The molecule has 1 aliphatic heterocycles. The lowest BCUT2D eigenvalue weighted by Gasteiger charge is -2.30. The van der Waals surface area contributed by atoms with Gasteiger partial charge >= 0.3 is 0 Å². The van der Waals surface area contributed by atoms with Gasteiger partial charge in [0.2, 0.25) is 21.8 Å². The molecule has 2 N–H and O–H groups in total. The van der Waals surface area contributed by atoms with Gasteiger partial charge in [-0.3, -0.25) is 14.3 Å². The highest BCUT2D eigenvalue weighted by atomic mass is 32.2. The summed E-state index contributed by atoms with van der Waals surface area (Å²) in [5, 5.41) is 9.75. The van der Waals surface area contributed by atoms with Crippen LogP contribution in [0.25, 0.3) is 0 Å². The Kier molecular flexibility index (Phi) is 6.55. The van der Waals surface area contributed by atoms with E-state index < -0.39 is 10.0 Å². The molecule has 1 saturated heterocycles. The predicted octanol–water partition coefficient (Wildman–Crippen LogP) is 0.561. The Labute approximate surface area is 166 Å². The summed E-state index contributed by atoms with van der Waals surface area (Å²) in [7, 11) is -2.16. The smallest absolute Gasteiger partial charge is 0.246 e. The third-order valence-electron chi connectivity index (χ3n) is 4.79. The SMILES string of the molecule is CNC(=O)C1CCN(S(=O)(=O)c2c(C)nn(CC(=O)NC(C)(C)C)c2C)CC1. The highest BCUT2D eigenvalue weighted by molar-refractivity contribution is 7.89. The standard InChI is InChI=1S/C18H31N5O4S/c1-12-16(13(2)23(21-12)11-15(24)20-18(3,4)5)28(26,27)22-9-7-14(8-10-22)17(25)19-6/h14H,7-11H2,1-6H3,(H,19,25)(H,20,24). The van der Waals surface area contributed by atoms with Crippen LogP contribution in [0.2, 0.25) is 0 Å². The van der Waals surface area contributed by atoms with E-state index in [4.69, 9.17) is 0 Å². The summed E-state index contributed by atoms with van der Waals surface area (Å²) in [6.07, 6.45) is 0.970. The monoisotopic (exact) mass is 413 g/mol. The molecular weight excluding hydrogens is 382 g/mol. The van der Waals surface area contributed by atoms with Crippen molar-refractivity contribution in [2.45, 2.75) is 64.4 Å². The Morgan fingerprint density at radius 2 is 1.75 bits per heavy atom. The zero-order valence-electron chi connectivity index (χ0n) is 17.5. The summed E-state index contributed by atoms with van der Waals surface area (Å²) in [5.41, 5.74) is 0.432. The topological polar surface area (TPSA) is 113 Å². The molecular formula is C18H31N5O4S. The fourth-order valence-electron chi connectivity index (χ4n) is 3.49. The largest absolute Gasteiger partial charge is 0.359 e. The van der Waals surface area contributed by atoms with Gasteiger partial charge in [-0.2, -0.15) is 9.40 Å². The maximum atomic E-state index is 13.2. The predicted molar refractivity (Wildman–Crippen MR) is 105 cm³/mol. The lowest BCUT2D eigenvalue weighted by Crippen LogP contribution is -2.43. The molecule has 158 valence electrons. The Morgan fingerprint density at radius 3 is 2.25 bits per heavy atom. The average Bonchev–Trinajstić information content (AvgIpc) is 2.86. The molecule has 0 aliphatic carbocycles. The van der Waals surface area contributed by atoms with Gasteiger partial charge < -0.3 is 10.6 Å². The molecule has 1 aliphatic rings. The molecule has 0 saturated carbocycles. The zero-order valence-corrected chi connectivity index (χ0v) is 18.3. The van der Waals surface area contributed by atoms with Crippen molar-refractivity contribution in [2.24, 2.45) is 5.92 Å². The van der Waals surface area contributed by atoms with E-state index in [2.05, 4.69) is 15.7 Å². The second-order valence-electron chi connectivity index (χ2n) is 8.25. The molecule has 0 spiro atoms. The maximum absolute atomic E-state index is 13.2. The highest BCUT2D eigenvalue weighted by Crippen LogP contribution is 2.27. The van der Waals surface area contributed by atoms with E-state index in [1.54, 1.807) is 20.9 Å². The van der Waals surface area contributed by atoms with E-state index in [0.29, 0.717) is 24.2 Å². The third-order valence-corrected chi connectivity index (χ3v) is 6.94. The molecule has 1 fully saturated rings. The van der Waals surface area contributed by atoms with E-state index in [1.807, 2.05) is 20.8 Å². The number of aromatic nitrogens is 2. The number of sulfonamides is 1. The molecule has 28 heavy (non-hydrogen) atoms. The van der Waals surface area contributed by atoms with Gasteiger partial charge in [-0.1, -0.05) is 0 Å². The summed E-state index contributed by atoms with van der Waals surface area (Å²) >= 11 is 0. The molecule has 2 rings (SSSR count). The number of amides is 2. The summed E-state index contributed by atoms with van der Waals surface area (Å²) < 4.78 is 29.2. The number of aryl methyl sites for hydroxylation is 1. The van der Waals surface area contributed by atoms with Gasteiger partial charge in [0.1, 0.15) is 11.4 Å². The minimum Gasteiger partial charge on any atom is -0.359 e. The highest BCUT2D eigenvalue weighted by Gasteiger charge is 2.35. The van der Waals surface area contributed by atoms with Gasteiger partial charge in [0.05, 0.1) is 11.4 Å². The minimum atomic E-state index is -3.74. The van der Waals surface area contributed by atoms with Crippen molar-refractivity contribution in [3.8, 4) is 0 Å². The number of rotatable bonds is 5. The molecule has 0 aromatic carbocycles. The van der Waals surface area contributed by atoms with Gasteiger partial charge in [0.15, 0.2) is 0 Å². The second-order valence-corrected chi connectivity index (χ2v) is 10.1. The Balaban J connectivity index is 2.20. The lowest BCUT2D eigenvalue weighted by atomic mass is 9.97. The molecule has 1 aromatic heterocycles. The minimum absolute atomic E-state index is 0.0434. The van der Waals surface area contributed by atoms with Crippen molar-refractivity contribution < 1.29 is 18.0 Å². The van der Waals surface area contributed by atoms with Crippen LogP contribution in [0.15, 0.2) is 4.90 Å². The van der Waals surface area contributed by atoms with Crippen molar-refractivity contribution in [3.63, 3.8) is 0 Å². The number of nitrogens with one attached hydrogen (secondary N) is 2. The van der Waals surface area contributed by atoms with Crippen molar-refractivity contribution in [2.75, 3.05) is 20.1 Å². The van der Waals surface area contributed by atoms with E-state index in [0.717, 1.165) is 0 Å². The Hall–Kier alpha value is -1.94. The fraction of sp³-hybridized carbons (Fsp3) is 0.722. The van der Waals surface area contributed by atoms with Crippen LogP contribution < -0.4 is 10.6 Å². The molecule has 0 atom stereocenters. The molecule has 0 radical (unpaired) electrons. The van der Waals surface area contributed by atoms with Crippen LogP contribution in [0.3, 0.4) is 0 Å². The Bertz CT molecular complexity index is 846. The van der Waals surface area contributed by atoms with Crippen LogP contribution in [-0.4, -0.2) is 60.0 Å². The number of carbonyl (C=O) groups excluding carboxylic acids is 2. The lowest BCUT2D eigenvalue weighted by molar-refractivity contribution is -0.125. The van der Waals surface area contributed by atoms with Gasteiger partial charge in [-0.15, -0.1) is 0 Å². The summed E-state index contributed by atoms with van der Waals surface area (Å²) in [6, 6.07) is 0. The number of hydrogen-bond acceptors (Lipinski definition) is 5. The van der Waals surface area contributed by atoms with Crippen LogP contribution in [0.1, 0.15) is 45.0 Å². The first-order valence-corrected chi connectivity index (χ1v) is 10.9. The third kappa shape index (κ3) is 4.91. The molecule has 10 heteroatoms. The Morgan fingerprint density at radius 1 is 1.18 bits per heavy atom. The average molecular weight is 414 g/mol. The van der Waals surface area contributed by atoms with Crippen LogP contribution in [0.5, 0.6) is 0 Å². The van der Waals surface area contributed by atoms with E-state index in [1.165, 1.54) is 8.99 Å². The van der Waals surface area contributed by atoms with Gasteiger partial charge in [-0.05, 0) is 47.5 Å². The van der Waals surface area contributed by atoms with Crippen molar-refractivity contribution in [3.05, 3.63) is 11.4 Å². The number of hydrogen-bond donors (Lipinski definition) is 2. The normalized spacial score (nSPS) is 16.8. The maximum Gasteiger partial charge on any atom is 0.246 e. The molecule has 2 amide bonds. The van der Waals surface area contributed by atoms with Gasteiger partial charge in [0.25, 0.3) is 0 Å². The molecule has 0 bridgehead atoms. The van der Waals surface area contributed by atoms with Crippen LogP contribution >= 0.6 is 0 Å². The van der Waals surface area contributed by atoms with Crippen LogP contribution in [0.4, 0.5) is 0 Å². The van der Waals surface area contributed by atoms with E-state index in [9.17, 15) is 18.0 Å². The molecule has 2 heterocycles. The van der Waals surface area contributed by atoms with E-state index in [-0.39, 0.29) is 47.8 Å². The van der Waals surface area contributed by atoms with Crippen molar-refractivity contribution in [1.29, 1.82) is 0 Å². The number of nitrogens with zero attached hydrogens (tertiary/aromatic N) is 3. The number of piperidine rings is 1. The first-order valence-electron chi connectivity index (χ1n) is 9.43. The van der Waals surface area contributed by atoms with E-state index >= 15 is 0 Å². The molecule has 0 unspecified atom stereocenters. The van der Waals surface area contributed by atoms with Crippen molar-refractivity contribution >= 4 is 21.8 Å². The van der Waals surface area contributed by atoms with Gasteiger partial charge in [0, 0.05) is 31.6 Å². The van der Waals surface area contributed by atoms with Crippen LogP contribution in [0, 0.1) is 19.8 Å². The quantitative estimate of drug-likeness (QED) is 0.732. The van der Waals surface area contributed by atoms with Crippen molar-refractivity contribution in [1.82, 2.24) is 24.7 Å². The summed E-state index contributed by atoms with van der Waals surface area (Å²) in [5.74, 6) is -0.446. The summed E-state index contributed by atoms with van der Waals surface area (Å²) in [4.78, 5) is 24.1. The number of carbonyl (C=O) groups is 2. The first kappa shape index (κ1) is 22.4. The molecule has 1 aromatic rings. The van der Waals surface area contributed by atoms with Gasteiger partial charge in [-0.25, -0.2) is 8.42 Å². The molecule has 9 nitrogen and oxygen atoms in total. The summed E-state index contributed by atoms with van der Waals surface area (Å²) in [6.45, 7) is 9.46. The van der Waals surface area contributed by atoms with Crippen LogP contribution in [-0.2, 0) is 26.2 Å². The first-order chi connectivity index (χ1) is 12.9.